The van der Waals surface area contributed by atoms with Gasteiger partial charge in [-0.15, -0.1) is 0 Å². The van der Waals surface area contributed by atoms with Gasteiger partial charge in [-0.1, -0.05) is 27.2 Å². The number of hydrogen-bond acceptors (Lipinski definition) is 3. The number of unbranched alkanes of at least 4 members (excludes halogenated alkanes) is 1. The minimum absolute atomic E-state index is 0.338. The van der Waals surface area contributed by atoms with E-state index in [4.69, 9.17) is 0 Å². The van der Waals surface area contributed by atoms with E-state index in [0.717, 1.165) is 57.7 Å². The van der Waals surface area contributed by atoms with Gasteiger partial charge in [0.05, 0.1) is 13.1 Å². The van der Waals surface area contributed by atoms with Gasteiger partial charge in [0.2, 0.25) is 0 Å². The molecule has 0 atom stereocenters. The van der Waals surface area contributed by atoms with Crippen LogP contribution in [0.1, 0.15) is 52.3 Å². The Morgan fingerprint density at radius 2 is 1.75 bits per heavy atom. The molecule has 24 heavy (non-hydrogen) atoms. The van der Waals surface area contributed by atoms with E-state index in [9.17, 15) is 9.59 Å². The van der Waals surface area contributed by atoms with Crippen LogP contribution in [0.3, 0.4) is 0 Å². The molecule has 7 nitrogen and oxygen atoms in total. The second-order valence-corrected chi connectivity index (χ2v) is 6.45. The first-order valence-corrected chi connectivity index (χ1v) is 9.05. The fraction of sp³-hybridized carbons (Fsp3) is 0.706. The van der Waals surface area contributed by atoms with E-state index >= 15 is 0 Å². The SMILES string of the molecule is CCCCn1c(C[NH+](CCC)CCC)nc2c1c(=O)[nH]c(=O)n2C. The third-order valence-electron chi connectivity index (χ3n) is 4.44. The molecule has 0 radical (unpaired) electrons. The molecule has 2 N–H and O–H groups in total. The van der Waals surface area contributed by atoms with E-state index in [0.29, 0.717) is 11.2 Å². The molecule has 0 aliphatic rings. The lowest BCUT2D eigenvalue weighted by atomic mass is 10.3. The van der Waals surface area contributed by atoms with E-state index in [1.807, 2.05) is 4.57 Å². The van der Waals surface area contributed by atoms with Crippen LogP contribution in [0.15, 0.2) is 9.59 Å². The maximum absolute atomic E-state index is 12.3. The van der Waals surface area contributed by atoms with E-state index in [1.54, 1.807) is 7.05 Å². The van der Waals surface area contributed by atoms with Crippen LogP contribution in [0.2, 0.25) is 0 Å². The van der Waals surface area contributed by atoms with Crippen LogP contribution in [0.4, 0.5) is 0 Å². The van der Waals surface area contributed by atoms with Crippen LogP contribution in [0.25, 0.3) is 11.2 Å². The van der Waals surface area contributed by atoms with E-state index < -0.39 is 5.69 Å². The standard InChI is InChI=1S/C17H29N5O2/c1-5-8-11-22-13(12-21(9-6-2)10-7-3)18-15-14(22)16(23)19-17(24)20(15)4/h5-12H2,1-4H3,(H,19,23,24)/p+1. The summed E-state index contributed by atoms with van der Waals surface area (Å²) in [5.74, 6) is 0.905. The number of aromatic nitrogens is 4. The molecule has 2 aromatic heterocycles. The molecule has 0 saturated carbocycles. The summed E-state index contributed by atoms with van der Waals surface area (Å²) in [6.07, 6.45) is 4.26. The summed E-state index contributed by atoms with van der Waals surface area (Å²) >= 11 is 0. The molecule has 0 aliphatic heterocycles. The monoisotopic (exact) mass is 336 g/mol. The molecule has 0 spiro atoms. The number of aryl methyl sites for hydroxylation is 2. The second kappa shape index (κ2) is 8.28. The molecule has 2 heterocycles. The molecule has 0 fully saturated rings. The molecule has 0 unspecified atom stereocenters. The fourth-order valence-electron chi connectivity index (χ4n) is 3.20. The molecule has 0 amide bonds. The van der Waals surface area contributed by atoms with Gasteiger partial charge in [-0.3, -0.25) is 14.3 Å². The first-order chi connectivity index (χ1) is 11.5. The molecule has 0 saturated heterocycles. The predicted octanol–water partition coefficient (Wildman–Crippen LogP) is 0.428. The third kappa shape index (κ3) is 3.77. The van der Waals surface area contributed by atoms with Gasteiger partial charge in [0.1, 0.15) is 6.54 Å². The first kappa shape index (κ1) is 18.4. The van der Waals surface area contributed by atoms with Gasteiger partial charge in [-0.25, -0.2) is 9.78 Å². The smallest absolute Gasteiger partial charge is 0.329 e. The quantitative estimate of drug-likeness (QED) is 0.697. The Bertz CT molecular complexity index is 781. The highest BCUT2D eigenvalue weighted by Gasteiger charge is 2.20. The summed E-state index contributed by atoms with van der Waals surface area (Å²) in [7, 11) is 1.66. The van der Waals surface area contributed by atoms with Crippen molar-refractivity contribution in [2.45, 2.75) is 59.5 Å². The molecule has 0 aliphatic carbocycles. The molecule has 2 aromatic rings. The van der Waals surface area contributed by atoms with Gasteiger partial charge >= 0.3 is 5.69 Å². The van der Waals surface area contributed by atoms with Crippen molar-refractivity contribution < 1.29 is 4.90 Å². The lowest BCUT2D eigenvalue weighted by molar-refractivity contribution is -0.914. The van der Waals surface area contributed by atoms with Crippen molar-refractivity contribution in [2.24, 2.45) is 7.05 Å². The number of nitrogens with zero attached hydrogens (tertiary/aromatic N) is 3. The zero-order chi connectivity index (χ0) is 17.7. The number of quaternary nitrogens is 1. The van der Waals surface area contributed by atoms with Crippen LogP contribution >= 0.6 is 0 Å². The number of H-pyrrole nitrogens is 1. The summed E-state index contributed by atoms with van der Waals surface area (Å²) in [4.78, 5) is 32.8. The summed E-state index contributed by atoms with van der Waals surface area (Å²) in [6, 6.07) is 0. The highest BCUT2D eigenvalue weighted by Crippen LogP contribution is 2.11. The third-order valence-corrected chi connectivity index (χ3v) is 4.44. The lowest BCUT2D eigenvalue weighted by Crippen LogP contribution is -3.10. The zero-order valence-electron chi connectivity index (χ0n) is 15.3. The van der Waals surface area contributed by atoms with E-state index in [2.05, 4.69) is 30.7 Å². The largest absolute Gasteiger partial charge is 0.329 e. The maximum atomic E-state index is 12.3. The summed E-state index contributed by atoms with van der Waals surface area (Å²) in [6.45, 7) is 10.2. The minimum atomic E-state index is -0.412. The van der Waals surface area contributed by atoms with Gasteiger partial charge in [0.15, 0.2) is 17.0 Å². The van der Waals surface area contributed by atoms with Crippen LogP contribution in [-0.2, 0) is 20.1 Å². The number of nitrogens with one attached hydrogen (secondary N) is 2. The number of aromatic amines is 1. The molecule has 7 heteroatoms. The predicted molar refractivity (Wildman–Crippen MR) is 95.5 cm³/mol. The minimum Gasteiger partial charge on any atom is -0.329 e. The van der Waals surface area contributed by atoms with Crippen molar-refractivity contribution >= 4 is 11.2 Å². The van der Waals surface area contributed by atoms with Gasteiger partial charge in [0, 0.05) is 13.6 Å². The average Bonchev–Trinajstić information content (AvgIpc) is 2.90. The number of hydrogen-bond donors (Lipinski definition) is 2. The Balaban J connectivity index is 2.55. The number of rotatable bonds is 9. The molecular weight excluding hydrogens is 306 g/mol. The molecule has 2 rings (SSSR count). The van der Waals surface area contributed by atoms with Crippen LogP contribution < -0.4 is 16.1 Å². The van der Waals surface area contributed by atoms with Crippen molar-refractivity contribution in [2.75, 3.05) is 13.1 Å². The first-order valence-electron chi connectivity index (χ1n) is 9.05. The molecule has 134 valence electrons. The van der Waals surface area contributed by atoms with Gasteiger partial charge in [0.25, 0.3) is 5.56 Å². The second-order valence-electron chi connectivity index (χ2n) is 6.45. The average molecular weight is 336 g/mol. The number of imidazole rings is 1. The van der Waals surface area contributed by atoms with Gasteiger partial charge < -0.3 is 9.47 Å². The molecule has 0 aromatic carbocycles. The van der Waals surface area contributed by atoms with Crippen LogP contribution in [0.5, 0.6) is 0 Å². The lowest BCUT2D eigenvalue weighted by Gasteiger charge is -2.18. The Kier molecular flexibility index (Phi) is 6.36. The van der Waals surface area contributed by atoms with Crippen LogP contribution in [-0.4, -0.2) is 32.2 Å². The van der Waals surface area contributed by atoms with E-state index in [-0.39, 0.29) is 5.56 Å². The van der Waals surface area contributed by atoms with Crippen molar-refractivity contribution in [1.82, 2.24) is 19.1 Å². The molecular formula is C17H30N5O2+. The van der Waals surface area contributed by atoms with Crippen molar-refractivity contribution in [3.05, 3.63) is 26.7 Å². The number of fused-ring (bicyclic) bond motifs is 1. The summed E-state index contributed by atoms with van der Waals surface area (Å²) < 4.78 is 3.45. The van der Waals surface area contributed by atoms with Crippen molar-refractivity contribution in [1.29, 1.82) is 0 Å². The van der Waals surface area contributed by atoms with Crippen molar-refractivity contribution in [3.8, 4) is 0 Å². The Morgan fingerprint density at radius 3 is 2.33 bits per heavy atom. The normalized spacial score (nSPS) is 11.7. The fourth-order valence-corrected chi connectivity index (χ4v) is 3.20. The van der Waals surface area contributed by atoms with Gasteiger partial charge in [-0.05, 0) is 19.3 Å². The van der Waals surface area contributed by atoms with Crippen molar-refractivity contribution in [3.63, 3.8) is 0 Å². The Labute approximate surface area is 142 Å². The van der Waals surface area contributed by atoms with E-state index in [1.165, 1.54) is 9.47 Å². The Morgan fingerprint density at radius 1 is 1.08 bits per heavy atom. The summed E-state index contributed by atoms with van der Waals surface area (Å²) in [5, 5.41) is 0. The highest BCUT2D eigenvalue weighted by molar-refractivity contribution is 5.70. The zero-order valence-corrected chi connectivity index (χ0v) is 15.3. The topological polar surface area (TPSA) is 77.1 Å². The van der Waals surface area contributed by atoms with Gasteiger partial charge in [-0.2, -0.15) is 0 Å². The summed E-state index contributed by atoms with van der Waals surface area (Å²) in [5.41, 5.74) is 0.260. The molecule has 0 bridgehead atoms. The maximum Gasteiger partial charge on any atom is 0.329 e. The highest BCUT2D eigenvalue weighted by atomic mass is 16.2. The Hall–Kier alpha value is -1.89. The van der Waals surface area contributed by atoms with Crippen LogP contribution in [0, 0.1) is 0 Å².